The van der Waals surface area contributed by atoms with Gasteiger partial charge in [-0.25, -0.2) is 17.6 Å². The van der Waals surface area contributed by atoms with Crippen molar-refractivity contribution in [3.8, 4) is 0 Å². The Hall–Kier alpha value is -0.0600. The first kappa shape index (κ1) is 8.94. The second-order valence-electron chi connectivity index (χ2n) is 1.19. The van der Waals surface area contributed by atoms with Gasteiger partial charge in [-0.2, -0.15) is 0 Å². The van der Waals surface area contributed by atoms with Crippen LogP contribution in [0.1, 0.15) is 0 Å². The van der Waals surface area contributed by atoms with Crippen LogP contribution in [0.4, 0.5) is 17.6 Å². The molecule has 0 aliphatic heterocycles. The van der Waals surface area contributed by atoms with Crippen molar-refractivity contribution in [1.82, 2.24) is 0 Å². The van der Waals surface area contributed by atoms with Gasteiger partial charge < -0.3 is 0 Å². The van der Waals surface area contributed by atoms with E-state index in [9.17, 15) is 17.6 Å². The highest BCUT2D eigenvalue weighted by molar-refractivity contribution is 9.11. The first-order chi connectivity index (χ1) is 4.09. The van der Waals surface area contributed by atoms with E-state index in [-0.39, 0.29) is 0 Å². The third-order valence-corrected chi connectivity index (χ3v) is 1.34. The number of rotatable bonds is 2. The summed E-state index contributed by atoms with van der Waals surface area (Å²) in [4.78, 5) is 0. The molecule has 5 heteroatoms. The molecule has 9 heavy (non-hydrogen) atoms. The quantitative estimate of drug-likeness (QED) is 0.610. The maximum atomic E-state index is 11.8. The Balaban J connectivity index is 4.10. The molecular formula is C4H3BrF4. The lowest BCUT2D eigenvalue weighted by Crippen LogP contribution is -1.92. The Morgan fingerprint density at radius 3 is 2.00 bits per heavy atom. The highest BCUT2D eigenvalue weighted by atomic mass is 79.9. The molecule has 0 saturated carbocycles. The summed E-state index contributed by atoms with van der Waals surface area (Å²) in [5, 5.41) is 0. The van der Waals surface area contributed by atoms with E-state index in [1.807, 2.05) is 0 Å². The molecule has 0 bridgehead atoms. The molecule has 0 rings (SSSR count). The molecule has 0 amide bonds. The van der Waals surface area contributed by atoms with E-state index >= 15 is 0 Å². The maximum absolute atomic E-state index is 11.8. The molecule has 54 valence electrons. The number of hydrogen-bond donors (Lipinski definition) is 0. The largest absolute Gasteiger partial charge is 0.272 e. The summed E-state index contributed by atoms with van der Waals surface area (Å²) in [5.74, 6) is -1.45. The molecule has 0 aromatic carbocycles. The van der Waals surface area contributed by atoms with Crippen LogP contribution in [0.5, 0.6) is 0 Å². The van der Waals surface area contributed by atoms with E-state index < -0.39 is 23.4 Å². The smallest absolute Gasteiger partial charge is 0.243 e. The van der Waals surface area contributed by atoms with Crippen LogP contribution in [0.2, 0.25) is 0 Å². The molecule has 0 nitrogen and oxygen atoms in total. The molecular weight excluding hydrogens is 204 g/mol. The van der Waals surface area contributed by atoms with Gasteiger partial charge in [-0.15, -0.1) is 0 Å². The van der Waals surface area contributed by atoms with Crippen molar-refractivity contribution < 1.29 is 17.6 Å². The fraction of sp³-hybridized carbons (Fsp3) is 0.500. The molecule has 0 saturated heterocycles. The summed E-state index contributed by atoms with van der Waals surface area (Å²) in [5.41, 5.74) is 0. The molecule has 0 fully saturated rings. The Morgan fingerprint density at radius 1 is 1.44 bits per heavy atom. The topological polar surface area (TPSA) is 0 Å². The van der Waals surface area contributed by atoms with E-state index in [0.29, 0.717) is 0 Å². The average molecular weight is 207 g/mol. The minimum atomic E-state index is -2.97. The van der Waals surface area contributed by atoms with Crippen LogP contribution < -0.4 is 0 Å². The zero-order valence-electron chi connectivity index (χ0n) is 4.17. The highest BCUT2D eigenvalue weighted by Gasteiger charge is 2.13. The zero-order valence-corrected chi connectivity index (χ0v) is 5.76. The van der Waals surface area contributed by atoms with Crippen molar-refractivity contribution in [1.29, 1.82) is 0 Å². The van der Waals surface area contributed by atoms with Crippen molar-refractivity contribution in [2.75, 3.05) is 6.67 Å². The lowest BCUT2D eigenvalue weighted by molar-refractivity contribution is 0.196. The average Bonchev–Trinajstić information content (AvgIpc) is 1.84. The highest BCUT2D eigenvalue weighted by Crippen LogP contribution is 2.21. The van der Waals surface area contributed by atoms with E-state index in [0.717, 1.165) is 0 Å². The van der Waals surface area contributed by atoms with E-state index in [2.05, 4.69) is 15.9 Å². The van der Waals surface area contributed by atoms with Gasteiger partial charge in [-0.05, 0) is 15.9 Å². The molecule has 0 aliphatic rings. The fourth-order valence-electron chi connectivity index (χ4n) is 0.182. The minimum Gasteiger partial charge on any atom is -0.243 e. The Kier molecular flexibility index (Phi) is 3.84. The molecule has 0 N–H and O–H groups in total. The molecule has 0 atom stereocenters. The van der Waals surface area contributed by atoms with Crippen molar-refractivity contribution in [3.63, 3.8) is 0 Å². The summed E-state index contributed by atoms with van der Waals surface area (Å²) < 4.78 is 44.7. The summed E-state index contributed by atoms with van der Waals surface area (Å²) in [6.45, 7) is -1.50. The maximum Gasteiger partial charge on any atom is 0.272 e. The Morgan fingerprint density at radius 2 is 1.89 bits per heavy atom. The number of halogens is 5. The second-order valence-corrected chi connectivity index (χ2v) is 2.04. The molecule has 0 spiro atoms. The van der Waals surface area contributed by atoms with Crippen LogP contribution >= 0.6 is 15.9 Å². The van der Waals surface area contributed by atoms with Crippen LogP contribution in [0, 0.1) is 0 Å². The summed E-state index contributed by atoms with van der Waals surface area (Å²) in [6, 6.07) is 0. The third kappa shape index (κ3) is 2.84. The number of alkyl halides is 3. The SMILES string of the molecule is FCC(F)=C(Br)C(F)F. The van der Waals surface area contributed by atoms with Crippen molar-refractivity contribution in [2.45, 2.75) is 6.43 Å². The predicted molar refractivity (Wildman–Crippen MR) is 29.0 cm³/mol. The van der Waals surface area contributed by atoms with Crippen molar-refractivity contribution in [2.24, 2.45) is 0 Å². The van der Waals surface area contributed by atoms with Gasteiger partial charge in [0, 0.05) is 0 Å². The van der Waals surface area contributed by atoms with Crippen LogP contribution in [-0.4, -0.2) is 13.1 Å². The standard InChI is InChI=1S/C4H3BrF4/c5-3(4(8)9)2(7)1-6/h4H,1H2. The second kappa shape index (κ2) is 3.87. The van der Waals surface area contributed by atoms with Gasteiger partial charge in [0.05, 0.1) is 4.48 Å². The molecule has 0 aromatic heterocycles. The van der Waals surface area contributed by atoms with E-state index in [4.69, 9.17) is 0 Å². The predicted octanol–water partition coefficient (Wildman–Crippen LogP) is 2.80. The summed E-state index contributed by atoms with van der Waals surface area (Å²) in [7, 11) is 0. The summed E-state index contributed by atoms with van der Waals surface area (Å²) >= 11 is 2.18. The van der Waals surface area contributed by atoms with Gasteiger partial charge >= 0.3 is 0 Å². The molecule has 0 aliphatic carbocycles. The normalized spacial score (nSPS) is 14.0. The fourth-order valence-corrected chi connectivity index (χ4v) is 0.288. The summed E-state index contributed by atoms with van der Waals surface area (Å²) in [6.07, 6.45) is -2.97. The first-order valence-electron chi connectivity index (χ1n) is 1.97. The third-order valence-electron chi connectivity index (χ3n) is 0.568. The Bertz CT molecular complexity index is 120. The van der Waals surface area contributed by atoms with Crippen LogP contribution in [0.3, 0.4) is 0 Å². The molecule has 0 radical (unpaired) electrons. The first-order valence-corrected chi connectivity index (χ1v) is 2.77. The van der Waals surface area contributed by atoms with Gasteiger partial charge in [-0.1, -0.05) is 0 Å². The monoisotopic (exact) mass is 206 g/mol. The van der Waals surface area contributed by atoms with E-state index in [1.165, 1.54) is 0 Å². The van der Waals surface area contributed by atoms with Gasteiger partial charge in [0.1, 0.15) is 12.5 Å². The number of hydrogen-bond acceptors (Lipinski definition) is 0. The lowest BCUT2D eigenvalue weighted by atomic mass is 10.5. The van der Waals surface area contributed by atoms with Crippen LogP contribution in [0.15, 0.2) is 10.3 Å². The van der Waals surface area contributed by atoms with Crippen LogP contribution in [0.25, 0.3) is 0 Å². The van der Waals surface area contributed by atoms with Gasteiger partial charge in [0.2, 0.25) is 0 Å². The van der Waals surface area contributed by atoms with Gasteiger partial charge in [0.25, 0.3) is 6.43 Å². The molecule has 0 aromatic rings. The molecule has 0 unspecified atom stereocenters. The van der Waals surface area contributed by atoms with Crippen molar-refractivity contribution >= 4 is 15.9 Å². The number of allylic oxidation sites excluding steroid dienone is 2. The van der Waals surface area contributed by atoms with E-state index in [1.54, 1.807) is 0 Å². The minimum absolute atomic E-state index is 1.01. The van der Waals surface area contributed by atoms with Gasteiger partial charge in [0.15, 0.2) is 0 Å². The molecule has 0 heterocycles. The van der Waals surface area contributed by atoms with Crippen molar-refractivity contribution in [3.05, 3.63) is 10.3 Å². The zero-order chi connectivity index (χ0) is 7.44. The Labute approximate surface area is 57.7 Å². The van der Waals surface area contributed by atoms with Crippen LogP contribution in [-0.2, 0) is 0 Å². The van der Waals surface area contributed by atoms with Gasteiger partial charge in [-0.3, -0.25) is 0 Å². The lowest BCUT2D eigenvalue weighted by Gasteiger charge is -1.95.